The molecule has 0 unspecified atom stereocenters. The van der Waals surface area contributed by atoms with Crippen LogP contribution >= 0.6 is 11.3 Å². The highest BCUT2D eigenvalue weighted by Crippen LogP contribution is 2.14. The maximum atomic E-state index is 11.9. The van der Waals surface area contributed by atoms with Gasteiger partial charge in [-0.25, -0.2) is 13.1 Å². The number of rotatable bonds is 6. The van der Waals surface area contributed by atoms with Gasteiger partial charge in [-0.15, -0.1) is 11.3 Å². The third-order valence-electron chi connectivity index (χ3n) is 2.67. The maximum Gasteiger partial charge on any atom is 0.215 e. The van der Waals surface area contributed by atoms with Gasteiger partial charge in [-0.05, 0) is 29.5 Å². The van der Waals surface area contributed by atoms with E-state index in [0.29, 0.717) is 24.2 Å². The molecule has 0 radical (unpaired) electrons. The minimum Gasteiger partial charge on any atom is -0.398 e. The summed E-state index contributed by atoms with van der Waals surface area (Å²) >= 11 is 1.63. The lowest BCUT2D eigenvalue weighted by molar-refractivity contribution is 0.581. The first-order valence-corrected chi connectivity index (χ1v) is 8.43. The van der Waals surface area contributed by atoms with Gasteiger partial charge in [-0.3, -0.25) is 0 Å². The van der Waals surface area contributed by atoms with Crippen LogP contribution in [0.2, 0.25) is 0 Å². The van der Waals surface area contributed by atoms with E-state index in [1.807, 2.05) is 17.5 Å². The fraction of sp³-hybridized carbons (Fsp3) is 0.231. The molecule has 0 fully saturated rings. The smallest absolute Gasteiger partial charge is 0.215 e. The van der Waals surface area contributed by atoms with Crippen LogP contribution in [0.5, 0.6) is 0 Å². The number of hydrogen-bond donors (Lipinski definition) is 2. The SMILES string of the molecule is Nc1ccccc1CS(=O)(=O)NCCc1cccs1. The van der Waals surface area contributed by atoms with Crippen LogP contribution in [-0.4, -0.2) is 15.0 Å². The third kappa shape index (κ3) is 4.34. The van der Waals surface area contributed by atoms with E-state index in [0.717, 1.165) is 0 Å². The number of hydrogen-bond acceptors (Lipinski definition) is 4. The van der Waals surface area contributed by atoms with Crippen LogP contribution in [-0.2, 0) is 22.2 Å². The zero-order valence-electron chi connectivity index (χ0n) is 10.4. The lowest BCUT2D eigenvalue weighted by Gasteiger charge is -2.08. The van der Waals surface area contributed by atoms with Gasteiger partial charge in [0.05, 0.1) is 5.75 Å². The molecule has 0 aliphatic heterocycles. The molecule has 1 heterocycles. The number of sulfonamides is 1. The van der Waals surface area contributed by atoms with Crippen molar-refractivity contribution >= 4 is 27.0 Å². The molecule has 0 spiro atoms. The molecule has 102 valence electrons. The summed E-state index contributed by atoms with van der Waals surface area (Å²) in [6, 6.07) is 11.0. The molecule has 0 aliphatic rings. The van der Waals surface area contributed by atoms with E-state index in [4.69, 9.17) is 5.73 Å². The number of nitrogens with two attached hydrogens (primary N) is 1. The number of benzene rings is 1. The average molecular weight is 296 g/mol. The Morgan fingerprint density at radius 3 is 2.63 bits per heavy atom. The molecule has 3 N–H and O–H groups in total. The minimum atomic E-state index is -3.34. The number of nitrogen functional groups attached to an aromatic ring is 1. The molecule has 0 amide bonds. The van der Waals surface area contributed by atoms with Gasteiger partial charge in [-0.1, -0.05) is 24.3 Å². The molecule has 2 aromatic rings. The number of thiophene rings is 1. The summed E-state index contributed by atoms with van der Waals surface area (Å²) < 4.78 is 26.4. The Morgan fingerprint density at radius 2 is 1.95 bits per heavy atom. The van der Waals surface area contributed by atoms with E-state index >= 15 is 0 Å². The van der Waals surface area contributed by atoms with Crippen molar-refractivity contribution in [3.05, 3.63) is 52.2 Å². The highest BCUT2D eigenvalue weighted by atomic mass is 32.2. The average Bonchev–Trinajstić information content (AvgIpc) is 2.85. The molecule has 1 aromatic carbocycles. The van der Waals surface area contributed by atoms with Crippen LogP contribution in [0.15, 0.2) is 41.8 Å². The number of para-hydroxylation sites is 1. The predicted molar refractivity (Wildman–Crippen MR) is 79.5 cm³/mol. The molecule has 4 nitrogen and oxygen atoms in total. The molecule has 2 rings (SSSR count). The molecule has 0 aliphatic carbocycles. The summed E-state index contributed by atoms with van der Waals surface area (Å²) in [5.74, 6) is -0.0793. The van der Waals surface area contributed by atoms with Gasteiger partial charge < -0.3 is 5.73 Å². The maximum absolute atomic E-state index is 11.9. The largest absolute Gasteiger partial charge is 0.398 e. The molecule has 0 atom stereocenters. The number of nitrogens with one attached hydrogen (secondary N) is 1. The third-order valence-corrected chi connectivity index (χ3v) is 4.95. The molecule has 0 bridgehead atoms. The van der Waals surface area contributed by atoms with E-state index in [-0.39, 0.29) is 5.75 Å². The summed E-state index contributed by atoms with van der Waals surface area (Å²) in [4.78, 5) is 1.17. The van der Waals surface area contributed by atoms with Gasteiger partial charge >= 0.3 is 0 Å². The Kier molecular flexibility index (Phi) is 4.57. The van der Waals surface area contributed by atoms with E-state index in [1.165, 1.54) is 4.88 Å². The minimum absolute atomic E-state index is 0.0793. The van der Waals surface area contributed by atoms with Crippen LogP contribution in [0.4, 0.5) is 5.69 Å². The van der Waals surface area contributed by atoms with Crippen molar-refractivity contribution in [2.45, 2.75) is 12.2 Å². The lowest BCUT2D eigenvalue weighted by Crippen LogP contribution is -2.27. The Balaban J connectivity index is 1.90. The summed E-state index contributed by atoms with van der Waals surface area (Å²) in [6.45, 7) is 0.412. The van der Waals surface area contributed by atoms with Crippen LogP contribution < -0.4 is 10.5 Å². The molecule has 19 heavy (non-hydrogen) atoms. The van der Waals surface area contributed by atoms with Crippen molar-refractivity contribution < 1.29 is 8.42 Å². The molecule has 6 heteroatoms. The standard InChI is InChI=1S/C13H16N2O2S2/c14-13-6-2-1-4-11(13)10-19(16,17)15-8-7-12-5-3-9-18-12/h1-6,9,15H,7-8,10,14H2. The van der Waals surface area contributed by atoms with Crippen molar-refractivity contribution in [2.24, 2.45) is 0 Å². The molecular weight excluding hydrogens is 280 g/mol. The fourth-order valence-electron chi connectivity index (χ4n) is 1.71. The van der Waals surface area contributed by atoms with E-state index in [2.05, 4.69) is 4.72 Å². The normalized spacial score (nSPS) is 11.6. The molecule has 1 aromatic heterocycles. The monoisotopic (exact) mass is 296 g/mol. The fourth-order valence-corrected chi connectivity index (χ4v) is 3.60. The van der Waals surface area contributed by atoms with E-state index in [9.17, 15) is 8.42 Å². The highest BCUT2D eigenvalue weighted by molar-refractivity contribution is 7.88. The van der Waals surface area contributed by atoms with Gasteiger partial charge in [0.1, 0.15) is 0 Å². The van der Waals surface area contributed by atoms with Crippen molar-refractivity contribution in [1.82, 2.24) is 4.72 Å². The molecule has 0 saturated heterocycles. The van der Waals surface area contributed by atoms with Gasteiger partial charge in [0.2, 0.25) is 10.0 Å². The van der Waals surface area contributed by atoms with Gasteiger partial charge in [0, 0.05) is 17.1 Å². The summed E-state index contributed by atoms with van der Waals surface area (Å²) in [5, 5.41) is 1.98. The first kappa shape index (κ1) is 14.0. The summed E-state index contributed by atoms with van der Waals surface area (Å²) in [6.07, 6.45) is 0.709. The predicted octanol–water partition coefficient (Wildman–Crippen LogP) is 1.99. The van der Waals surface area contributed by atoms with Crippen LogP contribution in [0.1, 0.15) is 10.4 Å². The van der Waals surface area contributed by atoms with Crippen LogP contribution in [0, 0.1) is 0 Å². The van der Waals surface area contributed by atoms with Crippen LogP contribution in [0.25, 0.3) is 0 Å². The molecule has 0 saturated carbocycles. The van der Waals surface area contributed by atoms with Crippen molar-refractivity contribution in [3.8, 4) is 0 Å². The van der Waals surface area contributed by atoms with Gasteiger partial charge in [0.25, 0.3) is 0 Å². The quantitative estimate of drug-likeness (QED) is 0.801. The van der Waals surface area contributed by atoms with Crippen molar-refractivity contribution in [3.63, 3.8) is 0 Å². The Bertz CT molecular complexity index is 622. The second-order valence-corrected chi connectivity index (χ2v) is 7.02. The van der Waals surface area contributed by atoms with Crippen LogP contribution in [0.3, 0.4) is 0 Å². The van der Waals surface area contributed by atoms with E-state index < -0.39 is 10.0 Å². The topological polar surface area (TPSA) is 72.2 Å². The lowest BCUT2D eigenvalue weighted by atomic mass is 10.2. The first-order valence-electron chi connectivity index (χ1n) is 5.90. The zero-order valence-corrected chi connectivity index (χ0v) is 12.0. The van der Waals surface area contributed by atoms with Gasteiger partial charge in [-0.2, -0.15) is 0 Å². The second-order valence-electron chi connectivity index (χ2n) is 4.18. The van der Waals surface area contributed by atoms with Crippen molar-refractivity contribution in [1.29, 1.82) is 0 Å². The Hall–Kier alpha value is -1.37. The molecular formula is C13H16N2O2S2. The highest BCUT2D eigenvalue weighted by Gasteiger charge is 2.12. The second kappa shape index (κ2) is 6.18. The van der Waals surface area contributed by atoms with Crippen molar-refractivity contribution in [2.75, 3.05) is 12.3 Å². The zero-order chi connectivity index (χ0) is 13.7. The first-order chi connectivity index (χ1) is 9.07. The number of anilines is 1. The Morgan fingerprint density at radius 1 is 1.16 bits per heavy atom. The summed E-state index contributed by atoms with van der Waals surface area (Å²) in [5.41, 5.74) is 6.88. The summed E-state index contributed by atoms with van der Waals surface area (Å²) in [7, 11) is -3.34. The van der Waals surface area contributed by atoms with E-state index in [1.54, 1.807) is 35.6 Å². The van der Waals surface area contributed by atoms with Gasteiger partial charge in [0.15, 0.2) is 0 Å². The Labute approximate surface area is 117 Å².